The molecular weight excluding hydrogens is 462 g/mol. The number of carbonyl (C=O) groups is 5. The second-order valence-electron chi connectivity index (χ2n) is 8.84. The van der Waals surface area contributed by atoms with Gasteiger partial charge in [0.2, 0.25) is 17.7 Å². The summed E-state index contributed by atoms with van der Waals surface area (Å²) in [7, 11) is 0. The third-order valence-corrected chi connectivity index (χ3v) is 5.11. The summed E-state index contributed by atoms with van der Waals surface area (Å²) in [6, 6.07) is -4.61. The maximum Gasteiger partial charge on any atom is 0.326 e. The molecule has 0 aromatic carbocycles. The summed E-state index contributed by atoms with van der Waals surface area (Å²) >= 11 is 0. The van der Waals surface area contributed by atoms with Crippen LogP contribution in [0.1, 0.15) is 53.4 Å². The number of nitrogens with two attached hydrogens (primary N) is 3. The Balaban J connectivity index is 5.67. The quantitative estimate of drug-likeness (QED) is 0.0661. The van der Waals surface area contributed by atoms with E-state index in [-0.39, 0.29) is 31.3 Å². The standard InChI is InChI=1S/C21H39N7O7/c1-10(2)15(22)19(33)27-12(6-5-9-25-21(23)24)17(31)26-13(7-8-14(29)30)18(32)28-16(11(3)4)20(34)35/h10-13,15-16H,5-9,22H2,1-4H3,(H,26,31)(H,27,33)(H,28,32)(H,29,30)(H,34,35)(H4,23,24,25). The largest absolute Gasteiger partial charge is 0.481 e. The number of hydrogen-bond donors (Lipinski definition) is 8. The van der Waals surface area contributed by atoms with Gasteiger partial charge in [0, 0.05) is 13.0 Å². The van der Waals surface area contributed by atoms with E-state index in [9.17, 15) is 29.1 Å². The lowest BCUT2D eigenvalue weighted by atomic mass is 10.0. The molecule has 0 aliphatic heterocycles. The molecule has 0 aromatic rings. The van der Waals surface area contributed by atoms with E-state index < -0.39 is 66.2 Å². The number of carboxylic acid groups (broad SMARTS) is 2. The fourth-order valence-electron chi connectivity index (χ4n) is 2.92. The van der Waals surface area contributed by atoms with Crippen molar-refractivity contribution in [3.8, 4) is 0 Å². The van der Waals surface area contributed by atoms with E-state index >= 15 is 0 Å². The molecule has 35 heavy (non-hydrogen) atoms. The molecule has 0 aliphatic rings. The highest BCUT2D eigenvalue weighted by molar-refractivity contribution is 5.94. The minimum Gasteiger partial charge on any atom is -0.481 e. The first-order valence-electron chi connectivity index (χ1n) is 11.3. The number of amides is 3. The highest BCUT2D eigenvalue weighted by Gasteiger charge is 2.31. The fourth-order valence-corrected chi connectivity index (χ4v) is 2.92. The molecule has 14 nitrogen and oxygen atoms in total. The van der Waals surface area contributed by atoms with Crippen molar-refractivity contribution in [2.24, 2.45) is 34.0 Å². The molecule has 0 saturated heterocycles. The monoisotopic (exact) mass is 501 g/mol. The minimum atomic E-state index is -1.35. The van der Waals surface area contributed by atoms with Crippen molar-refractivity contribution in [2.75, 3.05) is 6.54 Å². The molecule has 0 aliphatic carbocycles. The summed E-state index contributed by atoms with van der Waals surface area (Å²) in [5.41, 5.74) is 16.4. The van der Waals surface area contributed by atoms with Gasteiger partial charge in [-0.25, -0.2) is 4.79 Å². The maximum absolute atomic E-state index is 13.0. The van der Waals surface area contributed by atoms with E-state index in [1.807, 2.05) is 0 Å². The van der Waals surface area contributed by atoms with Gasteiger partial charge in [-0.15, -0.1) is 0 Å². The van der Waals surface area contributed by atoms with Crippen molar-refractivity contribution < 1.29 is 34.2 Å². The van der Waals surface area contributed by atoms with Crippen LogP contribution < -0.4 is 33.2 Å². The van der Waals surface area contributed by atoms with Crippen LogP contribution in [0.25, 0.3) is 0 Å². The van der Waals surface area contributed by atoms with E-state index in [0.29, 0.717) is 6.42 Å². The number of nitrogens with one attached hydrogen (secondary N) is 3. The summed E-state index contributed by atoms with van der Waals surface area (Å²) in [4.78, 5) is 64.6. The van der Waals surface area contributed by atoms with Crippen LogP contribution >= 0.6 is 0 Å². The zero-order valence-corrected chi connectivity index (χ0v) is 20.6. The normalized spacial score (nSPS) is 14.4. The van der Waals surface area contributed by atoms with Crippen LogP contribution in [0.3, 0.4) is 0 Å². The van der Waals surface area contributed by atoms with Gasteiger partial charge in [0.05, 0.1) is 6.04 Å². The second-order valence-corrected chi connectivity index (χ2v) is 8.84. The zero-order chi connectivity index (χ0) is 27.3. The van der Waals surface area contributed by atoms with Crippen LogP contribution in [-0.4, -0.2) is 76.5 Å². The third-order valence-electron chi connectivity index (χ3n) is 5.11. The molecule has 0 spiro atoms. The van der Waals surface area contributed by atoms with E-state index in [4.69, 9.17) is 22.3 Å². The summed E-state index contributed by atoms with van der Waals surface area (Å²) in [5, 5.41) is 25.7. The molecule has 3 amide bonds. The molecule has 0 rings (SSSR count). The smallest absolute Gasteiger partial charge is 0.326 e. The van der Waals surface area contributed by atoms with E-state index in [1.54, 1.807) is 27.7 Å². The Labute approximate surface area is 204 Å². The molecule has 14 heteroatoms. The van der Waals surface area contributed by atoms with Crippen LogP contribution in [0.2, 0.25) is 0 Å². The van der Waals surface area contributed by atoms with Gasteiger partial charge in [-0.1, -0.05) is 27.7 Å². The van der Waals surface area contributed by atoms with Crippen molar-refractivity contribution in [2.45, 2.75) is 77.5 Å². The van der Waals surface area contributed by atoms with Gasteiger partial charge < -0.3 is 43.4 Å². The Morgan fingerprint density at radius 3 is 1.77 bits per heavy atom. The van der Waals surface area contributed by atoms with Gasteiger partial charge in [-0.05, 0) is 31.1 Å². The lowest BCUT2D eigenvalue weighted by Gasteiger charge is -2.26. The average Bonchev–Trinajstić information content (AvgIpc) is 2.74. The molecule has 0 bridgehead atoms. The molecule has 0 fully saturated rings. The van der Waals surface area contributed by atoms with Crippen LogP contribution in [0.15, 0.2) is 4.99 Å². The highest BCUT2D eigenvalue weighted by Crippen LogP contribution is 2.07. The average molecular weight is 502 g/mol. The SMILES string of the molecule is CC(C)C(N)C(=O)NC(CCCN=C(N)N)C(=O)NC(CCC(=O)O)C(=O)NC(C(=O)O)C(C)C. The van der Waals surface area contributed by atoms with Crippen LogP contribution in [0, 0.1) is 11.8 Å². The number of carboxylic acids is 2. The predicted molar refractivity (Wildman–Crippen MR) is 128 cm³/mol. The van der Waals surface area contributed by atoms with Gasteiger partial charge in [-0.2, -0.15) is 0 Å². The van der Waals surface area contributed by atoms with E-state index in [0.717, 1.165) is 0 Å². The molecule has 0 aromatic heterocycles. The topological polar surface area (TPSA) is 252 Å². The third kappa shape index (κ3) is 12.6. The first-order valence-corrected chi connectivity index (χ1v) is 11.3. The highest BCUT2D eigenvalue weighted by atomic mass is 16.4. The summed E-state index contributed by atoms with van der Waals surface area (Å²) in [5.74, 6) is -5.50. The Morgan fingerprint density at radius 1 is 0.800 bits per heavy atom. The Bertz CT molecular complexity index is 782. The Hall–Kier alpha value is -3.42. The molecule has 0 saturated carbocycles. The fraction of sp³-hybridized carbons (Fsp3) is 0.714. The van der Waals surface area contributed by atoms with Gasteiger partial charge in [0.25, 0.3) is 0 Å². The van der Waals surface area contributed by atoms with E-state index in [1.165, 1.54) is 0 Å². The Morgan fingerprint density at radius 2 is 1.31 bits per heavy atom. The predicted octanol–water partition coefficient (Wildman–Crippen LogP) is -1.92. The van der Waals surface area contributed by atoms with Gasteiger partial charge in [-0.3, -0.25) is 24.2 Å². The maximum atomic E-state index is 13.0. The number of aliphatic carboxylic acids is 2. The van der Waals surface area contributed by atoms with Crippen LogP contribution in [0.4, 0.5) is 0 Å². The van der Waals surface area contributed by atoms with Gasteiger partial charge >= 0.3 is 11.9 Å². The lowest BCUT2D eigenvalue weighted by molar-refractivity contribution is -0.144. The molecular formula is C21H39N7O7. The molecule has 4 atom stereocenters. The number of nitrogens with zero attached hydrogens (tertiary/aromatic N) is 1. The van der Waals surface area contributed by atoms with E-state index in [2.05, 4.69) is 20.9 Å². The number of rotatable bonds is 16. The van der Waals surface area contributed by atoms with Crippen molar-refractivity contribution in [3.63, 3.8) is 0 Å². The Kier molecular flexibility index (Phi) is 14.0. The number of carbonyl (C=O) groups excluding carboxylic acids is 3. The lowest BCUT2D eigenvalue weighted by Crippen LogP contribution is -2.58. The molecule has 200 valence electrons. The zero-order valence-electron chi connectivity index (χ0n) is 20.6. The number of hydrogen-bond acceptors (Lipinski definition) is 7. The van der Waals surface area contributed by atoms with Crippen molar-refractivity contribution in [3.05, 3.63) is 0 Å². The molecule has 0 heterocycles. The number of guanidine groups is 1. The molecule has 4 unspecified atom stereocenters. The van der Waals surface area contributed by atoms with Gasteiger partial charge in [0.15, 0.2) is 5.96 Å². The van der Waals surface area contributed by atoms with Crippen LogP contribution in [-0.2, 0) is 24.0 Å². The van der Waals surface area contributed by atoms with Gasteiger partial charge in [0.1, 0.15) is 18.1 Å². The summed E-state index contributed by atoms with van der Waals surface area (Å²) < 4.78 is 0. The van der Waals surface area contributed by atoms with Crippen molar-refractivity contribution in [1.82, 2.24) is 16.0 Å². The van der Waals surface area contributed by atoms with Crippen molar-refractivity contribution >= 4 is 35.6 Å². The number of aliphatic imine (C=N–C) groups is 1. The molecule has 11 N–H and O–H groups in total. The summed E-state index contributed by atoms with van der Waals surface area (Å²) in [6.45, 7) is 6.82. The minimum absolute atomic E-state index is 0.0934. The second kappa shape index (κ2) is 15.5. The first-order chi connectivity index (χ1) is 16.2. The summed E-state index contributed by atoms with van der Waals surface area (Å²) in [6.07, 6.45) is -0.362. The first kappa shape index (κ1) is 31.6. The van der Waals surface area contributed by atoms with Crippen molar-refractivity contribution in [1.29, 1.82) is 0 Å². The van der Waals surface area contributed by atoms with Crippen LogP contribution in [0.5, 0.6) is 0 Å². The molecule has 0 radical (unpaired) electrons.